The number of amides is 1. The lowest BCUT2D eigenvalue weighted by molar-refractivity contribution is -0.120. The van der Waals surface area contributed by atoms with Crippen molar-refractivity contribution in [3.63, 3.8) is 0 Å². The summed E-state index contributed by atoms with van der Waals surface area (Å²) in [6.07, 6.45) is 5.66. The molecule has 1 amide bonds. The van der Waals surface area contributed by atoms with Crippen LogP contribution in [0.5, 0.6) is 0 Å². The molecule has 0 spiro atoms. The van der Waals surface area contributed by atoms with E-state index in [4.69, 9.17) is 5.26 Å². The minimum absolute atomic E-state index is 0.0934. The van der Waals surface area contributed by atoms with Gasteiger partial charge in [0, 0.05) is 11.3 Å². The van der Waals surface area contributed by atoms with Crippen LogP contribution >= 0.6 is 11.8 Å². The molecule has 0 heterocycles. The lowest BCUT2D eigenvalue weighted by Crippen LogP contribution is -2.38. The van der Waals surface area contributed by atoms with Crippen molar-refractivity contribution in [2.75, 3.05) is 19.3 Å². The van der Waals surface area contributed by atoms with Crippen LogP contribution in [0.25, 0.3) is 0 Å². The number of hydrogen-bond acceptors (Lipinski definition) is 4. The summed E-state index contributed by atoms with van der Waals surface area (Å²) in [5, 5.41) is 14.7. The van der Waals surface area contributed by atoms with E-state index in [1.807, 2.05) is 17.8 Å². The third-order valence-electron chi connectivity index (χ3n) is 2.63. The second-order valence-corrected chi connectivity index (χ2v) is 4.82. The molecule has 0 radical (unpaired) electrons. The normalized spacial score (nSPS) is 24.8. The fraction of sp³-hybridized carbons (Fsp3) is 0.800. The second-order valence-electron chi connectivity index (χ2n) is 3.68. The smallest absolute Gasteiger partial charge is 0.234 e. The van der Waals surface area contributed by atoms with Crippen LogP contribution in [0.3, 0.4) is 0 Å². The highest BCUT2D eigenvalue weighted by Crippen LogP contribution is 2.27. The predicted octanol–water partition coefficient (Wildman–Crippen LogP) is 0.500. The van der Waals surface area contributed by atoms with Gasteiger partial charge in [-0.3, -0.25) is 4.79 Å². The molecule has 1 rings (SSSR count). The Labute approximate surface area is 94.8 Å². The van der Waals surface area contributed by atoms with Gasteiger partial charge in [-0.15, -0.1) is 0 Å². The Balaban J connectivity index is 2.10. The monoisotopic (exact) mass is 227 g/mol. The van der Waals surface area contributed by atoms with Crippen molar-refractivity contribution in [2.24, 2.45) is 0 Å². The van der Waals surface area contributed by atoms with Crippen LogP contribution < -0.4 is 10.6 Å². The molecule has 1 fully saturated rings. The van der Waals surface area contributed by atoms with E-state index in [-0.39, 0.29) is 12.5 Å². The summed E-state index contributed by atoms with van der Waals surface area (Å²) < 4.78 is 0. The van der Waals surface area contributed by atoms with Crippen LogP contribution in [0.2, 0.25) is 0 Å². The van der Waals surface area contributed by atoms with Gasteiger partial charge in [-0.1, -0.05) is 0 Å². The van der Waals surface area contributed by atoms with E-state index < -0.39 is 0 Å². The molecule has 1 saturated carbocycles. The summed E-state index contributed by atoms with van der Waals surface area (Å²) in [5.41, 5.74) is 0. The average molecular weight is 227 g/mol. The fourth-order valence-electron chi connectivity index (χ4n) is 1.78. The van der Waals surface area contributed by atoms with E-state index in [9.17, 15) is 4.79 Å². The highest BCUT2D eigenvalue weighted by molar-refractivity contribution is 7.99. The SMILES string of the molecule is CSC1CCC(NCC(=O)NCC#N)C1. The van der Waals surface area contributed by atoms with Crippen LogP contribution in [-0.2, 0) is 4.79 Å². The molecule has 2 atom stereocenters. The average Bonchev–Trinajstić information content (AvgIpc) is 2.71. The first-order chi connectivity index (χ1) is 7.26. The lowest BCUT2D eigenvalue weighted by atomic mass is 10.2. The van der Waals surface area contributed by atoms with Gasteiger partial charge in [0.05, 0.1) is 12.6 Å². The van der Waals surface area contributed by atoms with E-state index in [0.29, 0.717) is 12.6 Å². The van der Waals surface area contributed by atoms with Crippen LogP contribution in [-0.4, -0.2) is 36.5 Å². The van der Waals surface area contributed by atoms with Gasteiger partial charge in [-0.05, 0) is 25.5 Å². The first-order valence-corrected chi connectivity index (χ1v) is 6.45. The fourth-order valence-corrected chi connectivity index (χ4v) is 2.57. The summed E-state index contributed by atoms with van der Waals surface area (Å²) in [6.45, 7) is 0.423. The first kappa shape index (κ1) is 12.3. The summed E-state index contributed by atoms with van der Waals surface area (Å²) in [6, 6.07) is 2.35. The molecule has 1 aliphatic carbocycles. The van der Waals surface area contributed by atoms with E-state index in [1.54, 1.807) is 0 Å². The molecule has 0 bridgehead atoms. The van der Waals surface area contributed by atoms with Gasteiger partial charge >= 0.3 is 0 Å². The Hall–Kier alpha value is -0.730. The minimum Gasteiger partial charge on any atom is -0.342 e. The van der Waals surface area contributed by atoms with Crippen LogP contribution in [0.1, 0.15) is 19.3 Å². The van der Waals surface area contributed by atoms with Crippen molar-refractivity contribution < 1.29 is 4.79 Å². The van der Waals surface area contributed by atoms with Crippen molar-refractivity contribution in [2.45, 2.75) is 30.6 Å². The first-order valence-electron chi connectivity index (χ1n) is 5.16. The number of nitriles is 1. The maximum Gasteiger partial charge on any atom is 0.234 e. The van der Waals surface area contributed by atoms with E-state index in [0.717, 1.165) is 18.1 Å². The van der Waals surface area contributed by atoms with Crippen LogP contribution in [0.4, 0.5) is 0 Å². The highest BCUT2D eigenvalue weighted by Gasteiger charge is 2.23. The van der Waals surface area contributed by atoms with Crippen LogP contribution in [0, 0.1) is 11.3 Å². The minimum atomic E-state index is -0.0934. The third kappa shape index (κ3) is 4.54. The van der Waals surface area contributed by atoms with E-state index >= 15 is 0 Å². The Morgan fingerprint density at radius 3 is 3.00 bits per heavy atom. The Morgan fingerprint density at radius 1 is 1.60 bits per heavy atom. The number of rotatable bonds is 5. The van der Waals surface area contributed by atoms with E-state index in [1.165, 1.54) is 6.42 Å². The molecule has 4 nitrogen and oxygen atoms in total. The molecule has 0 saturated heterocycles. The van der Waals surface area contributed by atoms with Gasteiger partial charge in [0.15, 0.2) is 0 Å². The molecule has 5 heteroatoms. The number of thioether (sulfide) groups is 1. The predicted molar refractivity (Wildman–Crippen MR) is 61.6 cm³/mol. The number of carbonyl (C=O) groups is 1. The Bertz CT molecular complexity index is 252. The Kier molecular flexibility index (Phi) is 5.51. The highest BCUT2D eigenvalue weighted by atomic mass is 32.2. The molecule has 2 N–H and O–H groups in total. The zero-order valence-corrected chi connectivity index (χ0v) is 9.77. The maximum atomic E-state index is 11.2. The standard InChI is InChI=1S/C10H17N3OS/c1-15-9-3-2-8(6-9)13-7-10(14)12-5-4-11/h8-9,13H,2-3,5-7H2,1H3,(H,12,14). The van der Waals surface area contributed by atoms with E-state index in [2.05, 4.69) is 16.9 Å². The number of carbonyl (C=O) groups excluding carboxylic acids is 1. The molecule has 84 valence electrons. The van der Waals surface area contributed by atoms with Gasteiger partial charge in [0.25, 0.3) is 0 Å². The summed E-state index contributed by atoms with van der Waals surface area (Å²) in [7, 11) is 0. The molecule has 0 aromatic rings. The van der Waals surface area contributed by atoms with Crippen LogP contribution in [0.15, 0.2) is 0 Å². The van der Waals surface area contributed by atoms with Gasteiger partial charge in [-0.25, -0.2) is 0 Å². The zero-order chi connectivity index (χ0) is 11.1. The maximum absolute atomic E-state index is 11.2. The van der Waals surface area contributed by atoms with Crippen molar-refractivity contribution >= 4 is 17.7 Å². The summed E-state index contributed by atoms with van der Waals surface area (Å²) in [5.74, 6) is -0.0934. The zero-order valence-electron chi connectivity index (χ0n) is 8.95. The van der Waals surface area contributed by atoms with Gasteiger partial charge in [0.1, 0.15) is 6.54 Å². The quantitative estimate of drug-likeness (QED) is 0.671. The number of nitrogens with one attached hydrogen (secondary N) is 2. The summed E-state index contributed by atoms with van der Waals surface area (Å²) in [4.78, 5) is 11.2. The van der Waals surface area contributed by atoms with Crippen molar-refractivity contribution in [3.8, 4) is 6.07 Å². The van der Waals surface area contributed by atoms with Gasteiger partial charge < -0.3 is 10.6 Å². The van der Waals surface area contributed by atoms with Crippen molar-refractivity contribution in [3.05, 3.63) is 0 Å². The Morgan fingerprint density at radius 2 is 2.40 bits per heavy atom. The van der Waals surface area contributed by atoms with Gasteiger partial charge in [0.2, 0.25) is 5.91 Å². The van der Waals surface area contributed by atoms with Crippen molar-refractivity contribution in [1.82, 2.24) is 10.6 Å². The second kappa shape index (κ2) is 6.70. The third-order valence-corrected chi connectivity index (χ3v) is 3.73. The largest absolute Gasteiger partial charge is 0.342 e. The summed E-state index contributed by atoms with van der Waals surface area (Å²) >= 11 is 1.90. The molecular weight excluding hydrogens is 210 g/mol. The molecule has 1 aliphatic rings. The molecule has 15 heavy (non-hydrogen) atoms. The van der Waals surface area contributed by atoms with Crippen molar-refractivity contribution in [1.29, 1.82) is 5.26 Å². The molecule has 2 unspecified atom stereocenters. The van der Waals surface area contributed by atoms with Gasteiger partial charge in [-0.2, -0.15) is 17.0 Å². The topological polar surface area (TPSA) is 64.9 Å². The molecular formula is C10H17N3OS. The number of hydrogen-bond donors (Lipinski definition) is 2. The molecule has 0 aromatic carbocycles. The molecule has 0 aliphatic heterocycles. The lowest BCUT2D eigenvalue weighted by Gasteiger charge is -2.11. The molecule has 0 aromatic heterocycles. The number of nitrogens with zero attached hydrogens (tertiary/aromatic N) is 1.